The van der Waals surface area contributed by atoms with Crippen LogP contribution >= 0.6 is 0 Å². The summed E-state index contributed by atoms with van der Waals surface area (Å²) in [5.74, 6) is 0.284. The molecule has 7 nitrogen and oxygen atoms in total. The van der Waals surface area contributed by atoms with Gasteiger partial charge in [-0.15, -0.1) is 0 Å². The van der Waals surface area contributed by atoms with E-state index >= 15 is 0 Å². The van der Waals surface area contributed by atoms with Gasteiger partial charge < -0.3 is 25.7 Å². The van der Waals surface area contributed by atoms with Gasteiger partial charge in [-0.05, 0) is 55.0 Å². The Morgan fingerprint density at radius 2 is 1.77 bits per heavy atom. The second-order valence-corrected chi connectivity index (χ2v) is 8.41. The number of carbonyl (C=O) groups is 2. The molecule has 35 heavy (non-hydrogen) atoms. The third-order valence-corrected chi connectivity index (χ3v) is 5.84. The van der Waals surface area contributed by atoms with Crippen molar-refractivity contribution in [2.24, 2.45) is 0 Å². The SMILES string of the molecule is COc1ccc(NCCNC(=O)C(Cc2c[nH]c3ccccc23)NC(=O)c2cccc(C)c2)cc1. The van der Waals surface area contributed by atoms with Gasteiger partial charge >= 0.3 is 0 Å². The maximum Gasteiger partial charge on any atom is 0.251 e. The maximum atomic E-state index is 13.2. The molecule has 180 valence electrons. The van der Waals surface area contributed by atoms with E-state index < -0.39 is 6.04 Å². The van der Waals surface area contributed by atoms with E-state index in [-0.39, 0.29) is 11.8 Å². The average Bonchev–Trinajstić information content (AvgIpc) is 3.29. The molecule has 1 unspecified atom stereocenters. The summed E-state index contributed by atoms with van der Waals surface area (Å²) >= 11 is 0. The van der Waals surface area contributed by atoms with Gasteiger partial charge in [-0.2, -0.15) is 0 Å². The lowest BCUT2D eigenvalue weighted by Gasteiger charge is -2.19. The highest BCUT2D eigenvalue weighted by Gasteiger charge is 2.23. The second-order valence-electron chi connectivity index (χ2n) is 8.41. The van der Waals surface area contributed by atoms with Crippen LogP contribution in [0.3, 0.4) is 0 Å². The Bertz CT molecular complexity index is 1300. The number of fused-ring (bicyclic) bond motifs is 1. The number of anilines is 1. The van der Waals surface area contributed by atoms with E-state index in [1.807, 2.05) is 79.9 Å². The molecule has 0 saturated heterocycles. The topological polar surface area (TPSA) is 95.2 Å². The lowest BCUT2D eigenvalue weighted by Crippen LogP contribution is -2.48. The average molecular weight is 471 g/mol. The van der Waals surface area contributed by atoms with Crippen LogP contribution in [0.4, 0.5) is 5.69 Å². The number of nitrogens with one attached hydrogen (secondary N) is 4. The Morgan fingerprint density at radius 3 is 2.54 bits per heavy atom. The van der Waals surface area contributed by atoms with E-state index in [1.165, 1.54) is 0 Å². The van der Waals surface area contributed by atoms with Crippen LogP contribution in [0.15, 0.2) is 79.0 Å². The quantitative estimate of drug-likeness (QED) is 0.263. The van der Waals surface area contributed by atoms with Crippen LogP contribution in [0.5, 0.6) is 5.75 Å². The highest BCUT2D eigenvalue weighted by Crippen LogP contribution is 2.19. The lowest BCUT2D eigenvalue weighted by atomic mass is 10.0. The largest absolute Gasteiger partial charge is 0.497 e. The third-order valence-electron chi connectivity index (χ3n) is 5.84. The molecule has 0 bridgehead atoms. The van der Waals surface area contributed by atoms with E-state index in [0.29, 0.717) is 25.1 Å². The zero-order valence-corrected chi connectivity index (χ0v) is 19.9. The van der Waals surface area contributed by atoms with Crippen molar-refractivity contribution in [2.75, 3.05) is 25.5 Å². The van der Waals surface area contributed by atoms with E-state index in [9.17, 15) is 9.59 Å². The van der Waals surface area contributed by atoms with Gasteiger partial charge in [0, 0.05) is 47.9 Å². The van der Waals surface area contributed by atoms with Crippen molar-refractivity contribution in [1.29, 1.82) is 0 Å². The summed E-state index contributed by atoms with van der Waals surface area (Å²) in [5, 5.41) is 10.2. The second kappa shape index (κ2) is 11.2. The van der Waals surface area contributed by atoms with Crippen LogP contribution in [0.1, 0.15) is 21.5 Å². The molecule has 7 heteroatoms. The highest BCUT2D eigenvalue weighted by atomic mass is 16.5. The zero-order valence-electron chi connectivity index (χ0n) is 19.9. The molecule has 1 heterocycles. The summed E-state index contributed by atoms with van der Waals surface area (Å²) < 4.78 is 5.17. The van der Waals surface area contributed by atoms with Gasteiger partial charge in [0.1, 0.15) is 11.8 Å². The molecule has 0 fully saturated rings. The predicted octanol–water partition coefficient (Wildman–Crippen LogP) is 4.05. The Kier molecular flexibility index (Phi) is 7.67. The van der Waals surface area contributed by atoms with Gasteiger partial charge in [0.05, 0.1) is 7.11 Å². The lowest BCUT2D eigenvalue weighted by molar-refractivity contribution is -0.122. The first kappa shape index (κ1) is 23.9. The molecule has 3 aromatic carbocycles. The van der Waals surface area contributed by atoms with Crippen LogP contribution in [0, 0.1) is 6.92 Å². The summed E-state index contributed by atoms with van der Waals surface area (Å²) in [6, 6.07) is 22.1. The Morgan fingerprint density at radius 1 is 0.971 bits per heavy atom. The molecule has 1 atom stereocenters. The fourth-order valence-corrected chi connectivity index (χ4v) is 3.98. The summed E-state index contributed by atoms with van der Waals surface area (Å²) in [7, 11) is 1.63. The third kappa shape index (κ3) is 6.20. The first-order valence-electron chi connectivity index (χ1n) is 11.6. The molecular weight excluding hydrogens is 440 g/mol. The molecule has 4 aromatic rings. The van der Waals surface area contributed by atoms with Gasteiger partial charge in [0.2, 0.25) is 5.91 Å². The minimum atomic E-state index is -0.719. The molecule has 1 aromatic heterocycles. The van der Waals surface area contributed by atoms with Crippen LogP contribution in [-0.2, 0) is 11.2 Å². The van der Waals surface area contributed by atoms with E-state index in [0.717, 1.165) is 33.5 Å². The van der Waals surface area contributed by atoms with Crippen molar-refractivity contribution in [1.82, 2.24) is 15.6 Å². The molecule has 0 saturated carbocycles. The maximum absolute atomic E-state index is 13.2. The molecule has 0 radical (unpaired) electrons. The van der Waals surface area contributed by atoms with Crippen LogP contribution in [0.25, 0.3) is 10.9 Å². The van der Waals surface area contributed by atoms with E-state index in [1.54, 1.807) is 13.2 Å². The van der Waals surface area contributed by atoms with Crippen LogP contribution in [-0.4, -0.2) is 43.0 Å². The van der Waals surface area contributed by atoms with E-state index in [2.05, 4.69) is 20.9 Å². The molecule has 0 spiro atoms. The first-order chi connectivity index (χ1) is 17.0. The summed E-state index contributed by atoms with van der Waals surface area (Å²) in [4.78, 5) is 29.3. The Labute approximate surface area is 204 Å². The molecular formula is C28H30N4O3. The fourth-order valence-electron chi connectivity index (χ4n) is 3.98. The highest BCUT2D eigenvalue weighted by molar-refractivity contribution is 5.98. The number of ether oxygens (including phenoxy) is 1. The van der Waals surface area contributed by atoms with Crippen LogP contribution < -0.4 is 20.7 Å². The fraction of sp³-hybridized carbons (Fsp3) is 0.214. The molecule has 0 aliphatic heterocycles. The number of hydrogen-bond acceptors (Lipinski definition) is 4. The normalized spacial score (nSPS) is 11.6. The number of amides is 2. The minimum Gasteiger partial charge on any atom is -0.497 e. The number of methoxy groups -OCH3 is 1. The molecule has 2 amide bonds. The van der Waals surface area contributed by atoms with Crippen molar-refractivity contribution in [2.45, 2.75) is 19.4 Å². The Hall–Kier alpha value is -4.26. The predicted molar refractivity (Wildman–Crippen MR) is 139 cm³/mol. The van der Waals surface area contributed by atoms with Crippen molar-refractivity contribution >= 4 is 28.4 Å². The number of para-hydroxylation sites is 1. The summed E-state index contributed by atoms with van der Waals surface area (Å²) in [5.41, 5.74) is 4.42. The van der Waals surface area contributed by atoms with Crippen LogP contribution in [0.2, 0.25) is 0 Å². The van der Waals surface area contributed by atoms with Gasteiger partial charge in [-0.25, -0.2) is 0 Å². The van der Waals surface area contributed by atoms with Crippen molar-refractivity contribution in [3.63, 3.8) is 0 Å². The number of aromatic amines is 1. The van der Waals surface area contributed by atoms with Gasteiger partial charge in [-0.1, -0.05) is 35.9 Å². The van der Waals surface area contributed by atoms with Gasteiger partial charge in [0.25, 0.3) is 5.91 Å². The van der Waals surface area contributed by atoms with Gasteiger partial charge in [0.15, 0.2) is 0 Å². The number of benzene rings is 3. The Balaban J connectivity index is 1.42. The summed E-state index contributed by atoms with van der Waals surface area (Å²) in [6.07, 6.45) is 2.27. The van der Waals surface area contributed by atoms with Crippen molar-refractivity contribution in [3.8, 4) is 5.75 Å². The molecule has 4 N–H and O–H groups in total. The number of rotatable bonds is 10. The van der Waals surface area contributed by atoms with E-state index in [4.69, 9.17) is 4.74 Å². The van der Waals surface area contributed by atoms with Gasteiger partial charge in [-0.3, -0.25) is 9.59 Å². The minimum absolute atomic E-state index is 0.229. The molecule has 4 rings (SSSR count). The molecule has 0 aliphatic rings. The summed E-state index contributed by atoms with van der Waals surface area (Å²) in [6.45, 7) is 2.89. The smallest absolute Gasteiger partial charge is 0.251 e. The number of hydrogen-bond donors (Lipinski definition) is 4. The number of H-pyrrole nitrogens is 1. The van der Waals surface area contributed by atoms with Crippen molar-refractivity contribution < 1.29 is 14.3 Å². The number of carbonyl (C=O) groups excluding carboxylic acids is 2. The monoisotopic (exact) mass is 470 g/mol. The molecule has 0 aliphatic carbocycles. The first-order valence-corrected chi connectivity index (χ1v) is 11.6. The standard InChI is InChI=1S/C28H30N4O3/c1-19-6-5-7-20(16-19)27(33)32-26(17-21-18-31-25-9-4-3-8-24(21)25)28(34)30-15-14-29-22-10-12-23(35-2)13-11-22/h3-13,16,18,26,29,31H,14-15,17H2,1-2H3,(H,30,34)(H,32,33). The zero-order chi connectivity index (χ0) is 24.6. The number of aryl methyl sites for hydroxylation is 1. The van der Waals surface area contributed by atoms with Crippen molar-refractivity contribution in [3.05, 3.63) is 95.7 Å². The number of aromatic nitrogens is 1.